The first-order chi connectivity index (χ1) is 19.4. The minimum Gasteiger partial charge on any atom is -0.481 e. The lowest BCUT2D eigenvalue weighted by molar-refractivity contribution is -0.138. The number of para-hydroxylation sites is 2. The first-order valence-electron chi connectivity index (χ1n) is 12.5. The molecule has 40 heavy (non-hydrogen) atoms. The fraction of sp³-hybridized carbons (Fsp3) is 0.133. The average Bonchev–Trinajstić information content (AvgIpc) is 3.52. The Morgan fingerprint density at radius 2 is 1.60 bits per heavy atom. The molecule has 0 saturated carbocycles. The van der Waals surface area contributed by atoms with E-state index < -0.39 is 29.5 Å². The SMILES string of the molecule is N#CC(C(=O)Nc1ccccc1)C(=O)c1nn(-c2ccccc2)c2c1Cc1c(NC(=O)CCC(=O)O)cccc1-2. The average molecular weight is 534 g/mol. The molecule has 2 amide bonds. The summed E-state index contributed by atoms with van der Waals surface area (Å²) >= 11 is 0. The number of ketones is 1. The Hall–Kier alpha value is -5.56. The van der Waals surface area contributed by atoms with Gasteiger partial charge in [0.25, 0.3) is 0 Å². The van der Waals surface area contributed by atoms with Gasteiger partial charge in [0.2, 0.25) is 17.6 Å². The third-order valence-corrected chi connectivity index (χ3v) is 6.54. The van der Waals surface area contributed by atoms with E-state index in [9.17, 15) is 24.4 Å². The summed E-state index contributed by atoms with van der Waals surface area (Å²) in [6, 6.07) is 24.8. The number of fused-ring (bicyclic) bond motifs is 3. The highest BCUT2D eigenvalue weighted by atomic mass is 16.4. The summed E-state index contributed by atoms with van der Waals surface area (Å²) < 4.78 is 1.61. The number of benzene rings is 3. The monoisotopic (exact) mass is 533 g/mol. The van der Waals surface area contributed by atoms with Gasteiger partial charge in [-0.2, -0.15) is 10.4 Å². The van der Waals surface area contributed by atoms with E-state index in [0.29, 0.717) is 28.3 Å². The molecule has 10 nitrogen and oxygen atoms in total. The molecule has 0 aliphatic heterocycles. The van der Waals surface area contributed by atoms with Crippen molar-refractivity contribution in [3.8, 4) is 23.0 Å². The summed E-state index contributed by atoms with van der Waals surface area (Å²) in [5.74, 6) is -4.65. The van der Waals surface area contributed by atoms with Crippen LogP contribution in [0.5, 0.6) is 0 Å². The fourth-order valence-electron chi connectivity index (χ4n) is 4.68. The van der Waals surface area contributed by atoms with Crippen LogP contribution < -0.4 is 10.6 Å². The third-order valence-electron chi connectivity index (χ3n) is 6.54. The number of Topliss-reactive ketones (excluding diaryl/α,β-unsaturated/α-hetero) is 1. The Morgan fingerprint density at radius 3 is 2.27 bits per heavy atom. The smallest absolute Gasteiger partial charge is 0.303 e. The van der Waals surface area contributed by atoms with Gasteiger partial charge in [-0.25, -0.2) is 4.68 Å². The second kappa shape index (κ2) is 11.0. The first kappa shape index (κ1) is 26.1. The van der Waals surface area contributed by atoms with E-state index in [0.717, 1.165) is 11.1 Å². The maximum atomic E-state index is 13.7. The lowest BCUT2D eigenvalue weighted by Gasteiger charge is -2.12. The molecule has 3 aromatic carbocycles. The predicted octanol–water partition coefficient (Wildman–Crippen LogP) is 4.21. The molecular weight excluding hydrogens is 510 g/mol. The van der Waals surface area contributed by atoms with Gasteiger partial charge in [0, 0.05) is 35.3 Å². The zero-order valence-electron chi connectivity index (χ0n) is 21.1. The van der Waals surface area contributed by atoms with Crippen molar-refractivity contribution in [3.63, 3.8) is 0 Å². The van der Waals surface area contributed by atoms with Gasteiger partial charge in [0.05, 0.1) is 23.9 Å². The normalized spacial score (nSPS) is 12.0. The van der Waals surface area contributed by atoms with Crippen LogP contribution in [0.15, 0.2) is 78.9 Å². The van der Waals surface area contributed by atoms with Crippen LogP contribution in [0.2, 0.25) is 0 Å². The Balaban J connectivity index is 1.53. The molecule has 1 aromatic heterocycles. The number of rotatable bonds is 9. The largest absolute Gasteiger partial charge is 0.481 e. The zero-order valence-corrected chi connectivity index (χ0v) is 21.1. The van der Waals surface area contributed by atoms with Crippen LogP contribution in [-0.2, 0) is 20.8 Å². The van der Waals surface area contributed by atoms with Gasteiger partial charge in [-0.3, -0.25) is 19.2 Å². The number of nitrogens with one attached hydrogen (secondary N) is 2. The highest BCUT2D eigenvalue weighted by Gasteiger charge is 2.37. The minimum atomic E-state index is -1.64. The molecule has 0 fully saturated rings. The van der Waals surface area contributed by atoms with E-state index >= 15 is 0 Å². The molecule has 4 aromatic rings. The first-order valence-corrected chi connectivity index (χ1v) is 12.5. The van der Waals surface area contributed by atoms with E-state index in [-0.39, 0.29) is 25.0 Å². The van der Waals surface area contributed by atoms with Crippen LogP contribution >= 0.6 is 0 Å². The molecule has 1 aliphatic carbocycles. The molecule has 1 unspecified atom stereocenters. The number of carboxylic acids is 1. The van der Waals surface area contributed by atoms with Gasteiger partial charge in [0.1, 0.15) is 5.69 Å². The molecular formula is C30H23N5O5. The predicted molar refractivity (Wildman–Crippen MR) is 146 cm³/mol. The highest BCUT2D eigenvalue weighted by molar-refractivity contribution is 6.16. The standard InChI is InChI=1S/C30H23N5O5/c31-17-23(30(40)32-18-8-3-1-4-9-18)29(39)27-22-16-21-20(28(22)35(34-27)19-10-5-2-6-11-19)12-7-13-24(21)33-25(36)14-15-26(37)38/h1-13,23H,14-16H2,(H,32,40)(H,33,36)(H,37,38). The molecule has 0 saturated heterocycles. The molecule has 10 heteroatoms. The van der Waals surface area contributed by atoms with Gasteiger partial charge in [-0.1, -0.05) is 48.5 Å². The lowest BCUT2D eigenvalue weighted by atomic mass is 9.98. The molecule has 198 valence electrons. The van der Waals surface area contributed by atoms with Crippen molar-refractivity contribution in [2.75, 3.05) is 10.6 Å². The molecule has 0 radical (unpaired) electrons. The molecule has 1 atom stereocenters. The van der Waals surface area contributed by atoms with Gasteiger partial charge < -0.3 is 15.7 Å². The Kier molecular flexibility index (Phi) is 7.20. The Labute approximate surface area is 228 Å². The number of nitrogens with zero attached hydrogens (tertiary/aromatic N) is 3. The molecule has 1 heterocycles. The summed E-state index contributed by atoms with van der Waals surface area (Å²) in [5, 5.41) is 28.7. The van der Waals surface area contributed by atoms with E-state index in [1.807, 2.05) is 42.5 Å². The summed E-state index contributed by atoms with van der Waals surface area (Å²) in [5.41, 5.74) is 4.20. The number of hydrogen-bond acceptors (Lipinski definition) is 6. The number of nitriles is 1. The van der Waals surface area contributed by atoms with Gasteiger partial charge >= 0.3 is 5.97 Å². The van der Waals surface area contributed by atoms with E-state index in [2.05, 4.69) is 15.7 Å². The number of aromatic nitrogens is 2. The second-order valence-corrected chi connectivity index (χ2v) is 9.16. The van der Waals surface area contributed by atoms with Crippen molar-refractivity contribution in [2.45, 2.75) is 19.3 Å². The summed E-state index contributed by atoms with van der Waals surface area (Å²) in [7, 11) is 0. The van der Waals surface area contributed by atoms with Crippen molar-refractivity contribution in [1.82, 2.24) is 9.78 Å². The van der Waals surface area contributed by atoms with Crippen molar-refractivity contribution < 1.29 is 24.3 Å². The van der Waals surface area contributed by atoms with Crippen molar-refractivity contribution in [3.05, 3.63) is 95.7 Å². The van der Waals surface area contributed by atoms with Gasteiger partial charge in [-0.15, -0.1) is 0 Å². The van der Waals surface area contributed by atoms with Crippen LogP contribution in [0.4, 0.5) is 11.4 Å². The topological polar surface area (TPSA) is 154 Å². The lowest BCUT2D eigenvalue weighted by Crippen LogP contribution is -2.29. The number of carbonyl (C=O) groups is 4. The summed E-state index contributed by atoms with van der Waals surface area (Å²) in [6.07, 6.45) is -0.274. The zero-order chi connectivity index (χ0) is 28.2. The number of carbonyl (C=O) groups excluding carboxylic acids is 3. The van der Waals surface area contributed by atoms with E-state index in [4.69, 9.17) is 5.11 Å². The van der Waals surface area contributed by atoms with Crippen molar-refractivity contribution in [1.29, 1.82) is 5.26 Å². The van der Waals surface area contributed by atoms with Crippen LogP contribution in [0.25, 0.3) is 16.9 Å². The Bertz CT molecular complexity index is 1670. The van der Waals surface area contributed by atoms with Gasteiger partial charge in [0.15, 0.2) is 5.92 Å². The van der Waals surface area contributed by atoms with E-state index in [1.54, 1.807) is 47.1 Å². The molecule has 0 bridgehead atoms. The molecule has 0 spiro atoms. The fourth-order valence-corrected chi connectivity index (χ4v) is 4.68. The highest BCUT2D eigenvalue weighted by Crippen LogP contribution is 2.43. The number of anilines is 2. The van der Waals surface area contributed by atoms with Crippen molar-refractivity contribution >= 4 is 34.9 Å². The molecule has 3 N–H and O–H groups in total. The molecule has 1 aliphatic rings. The third kappa shape index (κ3) is 5.08. The van der Waals surface area contributed by atoms with Crippen LogP contribution in [0.3, 0.4) is 0 Å². The Morgan fingerprint density at radius 1 is 0.900 bits per heavy atom. The number of amides is 2. The van der Waals surface area contributed by atoms with Crippen LogP contribution in [0.1, 0.15) is 34.5 Å². The minimum absolute atomic E-state index is 0.00651. The summed E-state index contributed by atoms with van der Waals surface area (Å²) in [6.45, 7) is 0. The van der Waals surface area contributed by atoms with Crippen LogP contribution in [0, 0.1) is 17.2 Å². The number of hydrogen-bond donors (Lipinski definition) is 3. The molecule has 5 rings (SSSR count). The van der Waals surface area contributed by atoms with Crippen molar-refractivity contribution in [2.24, 2.45) is 5.92 Å². The quantitative estimate of drug-likeness (QED) is 0.189. The number of carboxylic acid groups (broad SMARTS) is 1. The van der Waals surface area contributed by atoms with Gasteiger partial charge in [-0.05, 0) is 35.9 Å². The van der Waals surface area contributed by atoms with Crippen LogP contribution in [-0.4, -0.2) is 38.5 Å². The number of aliphatic carboxylic acids is 1. The summed E-state index contributed by atoms with van der Waals surface area (Å²) in [4.78, 5) is 50.0. The second-order valence-electron chi connectivity index (χ2n) is 9.16. The maximum Gasteiger partial charge on any atom is 0.303 e. The maximum absolute atomic E-state index is 13.7. The van der Waals surface area contributed by atoms with E-state index in [1.165, 1.54) is 0 Å².